The molecule has 0 spiro atoms. The van der Waals surface area contributed by atoms with Gasteiger partial charge in [0.15, 0.2) is 0 Å². The molecule has 0 saturated heterocycles. The van der Waals surface area contributed by atoms with Gasteiger partial charge in [-0.3, -0.25) is 4.90 Å². The number of likely N-dealkylation sites (N-methyl/N-ethyl adjacent to an activating group) is 1. The van der Waals surface area contributed by atoms with Crippen LogP contribution in [0.5, 0.6) is 5.75 Å². The van der Waals surface area contributed by atoms with E-state index in [0.717, 1.165) is 5.75 Å². The Hall–Kier alpha value is -2.25. The number of benzene rings is 1. The lowest BCUT2D eigenvalue weighted by molar-refractivity contribution is -0.138. The van der Waals surface area contributed by atoms with E-state index in [1.165, 1.54) is 0 Å². The first-order valence-electron chi connectivity index (χ1n) is 8.00. The van der Waals surface area contributed by atoms with Gasteiger partial charge in [0.25, 0.3) is 0 Å². The molecule has 25 heavy (non-hydrogen) atoms. The summed E-state index contributed by atoms with van der Waals surface area (Å²) in [7, 11) is 1.88. The second-order valence-corrected chi connectivity index (χ2v) is 5.96. The maximum atomic E-state index is 12.0. The van der Waals surface area contributed by atoms with Crippen LogP contribution in [0.1, 0.15) is 6.92 Å². The zero-order valence-corrected chi connectivity index (χ0v) is 15.1. The molecule has 0 saturated carbocycles. The highest BCUT2D eigenvalue weighted by molar-refractivity contribution is 6.30. The van der Waals surface area contributed by atoms with E-state index in [0.29, 0.717) is 36.0 Å². The molecule has 0 aromatic heterocycles. The molecule has 2 amide bonds. The number of esters is 1. The summed E-state index contributed by atoms with van der Waals surface area (Å²) in [4.78, 5) is 25.5. The van der Waals surface area contributed by atoms with Crippen molar-refractivity contribution < 1.29 is 19.1 Å². The quantitative estimate of drug-likeness (QED) is 0.685. The van der Waals surface area contributed by atoms with E-state index in [-0.39, 0.29) is 19.2 Å². The van der Waals surface area contributed by atoms with E-state index >= 15 is 0 Å². The maximum Gasteiger partial charge on any atom is 0.337 e. The molecule has 0 bridgehead atoms. The molecule has 0 fully saturated rings. The van der Waals surface area contributed by atoms with Crippen LogP contribution in [0, 0.1) is 0 Å². The number of carbonyl (C=O) groups is 2. The van der Waals surface area contributed by atoms with Crippen molar-refractivity contribution >= 4 is 23.6 Å². The van der Waals surface area contributed by atoms with Crippen molar-refractivity contribution in [3.63, 3.8) is 0 Å². The maximum absolute atomic E-state index is 12.0. The third-order valence-corrected chi connectivity index (χ3v) is 3.81. The van der Waals surface area contributed by atoms with Crippen molar-refractivity contribution in [2.45, 2.75) is 6.92 Å². The van der Waals surface area contributed by atoms with Crippen LogP contribution in [0.4, 0.5) is 4.79 Å². The third kappa shape index (κ3) is 5.95. The molecule has 2 rings (SSSR count). The molecule has 0 radical (unpaired) electrons. The topological polar surface area (TPSA) is 79.9 Å². The largest absolute Gasteiger partial charge is 0.492 e. The number of hydrogen-bond acceptors (Lipinski definition) is 5. The molecule has 0 aliphatic carbocycles. The predicted octanol–water partition coefficient (Wildman–Crippen LogP) is 1.78. The Balaban J connectivity index is 1.89. The monoisotopic (exact) mass is 367 g/mol. The zero-order valence-electron chi connectivity index (χ0n) is 14.3. The molecular formula is C17H22ClN3O4. The average Bonchev–Trinajstić information content (AvgIpc) is 2.57. The second-order valence-electron chi connectivity index (χ2n) is 5.53. The highest BCUT2D eigenvalue weighted by Gasteiger charge is 2.24. The van der Waals surface area contributed by atoms with E-state index in [9.17, 15) is 9.59 Å². The summed E-state index contributed by atoms with van der Waals surface area (Å²) in [5.41, 5.74) is 0.989. The summed E-state index contributed by atoms with van der Waals surface area (Å²) >= 11 is 5.83. The lowest BCUT2D eigenvalue weighted by atomic mass is 10.1. The van der Waals surface area contributed by atoms with Crippen LogP contribution in [0.15, 0.2) is 35.5 Å². The summed E-state index contributed by atoms with van der Waals surface area (Å²) < 4.78 is 10.7. The standard InChI is InChI=1S/C17H22ClN3O4/c1-3-24-16(22)14-10-19-17(23)20-15(14)11-21(2)8-9-25-13-6-4-12(18)5-7-13/h4-7H,3,8-11H2,1-2H3,(H2,19,20,23). The van der Waals surface area contributed by atoms with Gasteiger partial charge in [-0.1, -0.05) is 11.6 Å². The van der Waals surface area contributed by atoms with E-state index in [1.807, 2.05) is 11.9 Å². The number of ether oxygens (including phenoxy) is 2. The first-order chi connectivity index (χ1) is 12.0. The number of amides is 2. The van der Waals surface area contributed by atoms with Gasteiger partial charge in [0.05, 0.1) is 18.7 Å². The van der Waals surface area contributed by atoms with E-state index in [2.05, 4.69) is 10.6 Å². The normalized spacial score (nSPS) is 14.2. The van der Waals surface area contributed by atoms with Crippen LogP contribution in [0.3, 0.4) is 0 Å². The van der Waals surface area contributed by atoms with Crippen molar-refractivity contribution in [1.29, 1.82) is 0 Å². The number of rotatable bonds is 8. The highest BCUT2D eigenvalue weighted by Crippen LogP contribution is 2.15. The van der Waals surface area contributed by atoms with Gasteiger partial charge in [0.2, 0.25) is 0 Å². The third-order valence-electron chi connectivity index (χ3n) is 3.56. The number of urea groups is 1. The molecule has 1 aromatic carbocycles. The zero-order chi connectivity index (χ0) is 18.2. The Morgan fingerprint density at radius 1 is 1.32 bits per heavy atom. The SMILES string of the molecule is CCOC(=O)C1=C(CN(C)CCOc2ccc(Cl)cc2)NC(=O)NC1. The molecule has 1 aliphatic rings. The van der Waals surface area contributed by atoms with Gasteiger partial charge < -0.3 is 20.1 Å². The summed E-state index contributed by atoms with van der Waals surface area (Å²) in [6, 6.07) is 6.81. The fourth-order valence-electron chi connectivity index (χ4n) is 2.28. The molecule has 1 heterocycles. The fourth-order valence-corrected chi connectivity index (χ4v) is 2.41. The Bertz CT molecular complexity index is 646. The van der Waals surface area contributed by atoms with Crippen molar-refractivity contribution in [3.05, 3.63) is 40.6 Å². The molecule has 1 aromatic rings. The van der Waals surface area contributed by atoms with Crippen molar-refractivity contribution in [3.8, 4) is 5.75 Å². The Morgan fingerprint density at radius 2 is 2.04 bits per heavy atom. The van der Waals surface area contributed by atoms with Crippen molar-refractivity contribution in [2.24, 2.45) is 0 Å². The molecule has 2 N–H and O–H groups in total. The number of halogens is 1. The fraction of sp³-hybridized carbons (Fsp3) is 0.412. The molecule has 0 unspecified atom stereocenters. The minimum absolute atomic E-state index is 0.162. The summed E-state index contributed by atoms with van der Waals surface area (Å²) in [5.74, 6) is 0.315. The van der Waals surface area contributed by atoms with E-state index in [1.54, 1.807) is 31.2 Å². The van der Waals surface area contributed by atoms with Crippen LogP contribution in [0.25, 0.3) is 0 Å². The first-order valence-corrected chi connectivity index (χ1v) is 8.38. The minimum Gasteiger partial charge on any atom is -0.492 e. The average molecular weight is 368 g/mol. The Morgan fingerprint density at radius 3 is 2.72 bits per heavy atom. The molecule has 8 heteroatoms. The summed E-state index contributed by atoms with van der Waals surface area (Å²) in [5, 5.41) is 5.92. The first kappa shape index (κ1) is 19.1. The second kappa shape index (κ2) is 9.29. The van der Waals surface area contributed by atoms with Crippen LogP contribution < -0.4 is 15.4 Å². The molecular weight excluding hydrogens is 346 g/mol. The highest BCUT2D eigenvalue weighted by atomic mass is 35.5. The van der Waals surface area contributed by atoms with Gasteiger partial charge in [0.1, 0.15) is 12.4 Å². The van der Waals surface area contributed by atoms with E-state index in [4.69, 9.17) is 21.1 Å². The van der Waals surface area contributed by atoms with Gasteiger partial charge in [0, 0.05) is 23.8 Å². The van der Waals surface area contributed by atoms with Crippen molar-refractivity contribution in [1.82, 2.24) is 15.5 Å². The van der Waals surface area contributed by atoms with Crippen LogP contribution in [-0.4, -0.2) is 56.8 Å². The Kier molecular flexibility index (Phi) is 7.09. The predicted molar refractivity (Wildman–Crippen MR) is 94.6 cm³/mol. The smallest absolute Gasteiger partial charge is 0.337 e. The van der Waals surface area contributed by atoms with Crippen LogP contribution in [0.2, 0.25) is 5.02 Å². The van der Waals surface area contributed by atoms with Gasteiger partial charge in [-0.15, -0.1) is 0 Å². The minimum atomic E-state index is -0.421. The molecule has 0 atom stereocenters. The number of hydrogen-bond donors (Lipinski definition) is 2. The molecule has 1 aliphatic heterocycles. The van der Waals surface area contributed by atoms with Gasteiger partial charge in [-0.25, -0.2) is 9.59 Å². The van der Waals surface area contributed by atoms with Gasteiger partial charge in [-0.2, -0.15) is 0 Å². The lowest BCUT2D eigenvalue weighted by Crippen LogP contribution is -2.46. The Labute approximate surface area is 151 Å². The summed E-state index contributed by atoms with van der Waals surface area (Å²) in [6.07, 6.45) is 0. The van der Waals surface area contributed by atoms with Gasteiger partial charge >= 0.3 is 12.0 Å². The lowest BCUT2D eigenvalue weighted by Gasteiger charge is -2.25. The number of carbonyl (C=O) groups excluding carboxylic acids is 2. The molecule has 7 nitrogen and oxygen atoms in total. The van der Waals surface area contributed by atoms with E-state index < -0.39 is 5.97 Å². The molecule has 136 valence electrons. The van der Waals surface area contributed by atoms with Gasteiger partial charge in [-0.05, 0) is 38.2 Å². The van der Waals surface area contributed by atoms with Crippen LogP contribution >= 0.6 is 11.6 Å². The summed E-state index contributed by atoms with van der Waals surface area (Å²) in [6.45, 7) is 3.68. The van der Waals surface area contributed by atoms with Crippen molar-refractivity contribution in [2.75, 3.05) is 39.9 Å². The van der Waals surface area contributed by atoms with Crippen LogP contribution in [-0.2, 0) is 9.53 Å². The number of nitrogens with one attached hydrogen (secondary N) is 2. The number of nitrogens with zero attached hydrogens (tertiary/aromatic N) is 1.